The number of pyridine rings is 1. The average Bonchev–Trinajstić information content (AvgIpc) is 2.92. The first-order chi connectivity index (χ1) is 19.6. The SMILES string of the molecule is NN=C(NC(=O)Cc1ccccn1)SCCCCCc1ccc(NC(=O)Cc2cc(OC(F)(F)F)ccc2F)nn1. The van der Waals surface area contributed by atoms with Crippen molar-refractivity contribution in [2.24, 2.45) is 10.9 Å². The molecule has 4 N–H and O–H groups in total. The lowest BCUT2D eigenvalue weighted by Gasteiger charge is -2.11. The molecule has 0 spiro atoms. The van der Waals surface area contributed by atoms with Crippen molar-refractivity contribution in [3.8, 4) is 5.75 Å². The van der Waals surface area contributed by atoms with E-state index in [9.17, 15) is 27.2 Å². The quantitative estimate of drug-likeness (QED) is 0.0710. The van der Waals surface area contributed by atoms with Gasteiger partial charge in [-0.15, -0.1) is 18.3 Å². The number of benzene rings is 1. The molecular formula is C26H27F4N7O3S. The van der Waals surface area contributed by atoms with Crippen LogP contribution in [-0.2, 0) is 28.9 Å². The molecule has 0 aliphatic carbocycles. The van der Waals surface area contributed by atoms with Crippen molar-refractivity contribution in [1.82, 2.24) is 20.5 Å². The number of aromatic nitrogens is 3. The Labute approximate surface area is 237 Å². The number of halogens is 4. The summed E-state index contributed by atoms with van der Waals surface area (Å²) in [5.41, 5.74) is 1.08. The largest absolute Gasteiger partial charge is 0.573 e. The lowest BCUT2D eigenvalue weighted by atomic mass is 10.1. The van der Waals surface area contributed by atoms with Crippen molar-refractivity contribution in [2.45, 2.75) is 44.9 Å². The zero-order chi connectivity index (χ0) is 29.7. The number of nitrogens with two attached hydrogens (primary N) is 1. The number of hydrogen-bond acceptors (Lipinski definition) is 9. The first-order valence-corrected chi connectivity index (χ1v) is 13.4. The van der Waals surface area contributed by atoms with Gasteiger partial charge in [-0.3, -0.25) is 14.6 Å². The Kier molecular flexibility index (Phi) is 11.8. The maximum Gasteiger partial charge on any atom is 0.573 e. The molecule has 0 atom stereocenters. The molecule has 0 fully saturated rings. The third kappa shape index (κ3) is 11.8. The van der Waals surface area contributed by atoms with E-state index in [0.717, 1.165) is 37.5 Å². The number of nitrogens with one attached hydrogen (secondary N) is 2. The van der Waals surface area contributed by atoms with E-state index in [1.54, 1.807) is 30.5 Å². The number of rotatable bonds is 12. The summed E-state index contributed by atoms with van der Waals surface area (Å²) in [5, 5.41) is 17.1. The number of thioether (sulfide) groups is 1. The summed E-state index contributed by atoms with van der Waals surface area (Å²) in [6, 6.07) is 11.0. The molecule has 0 bridgehead atoms. The number of alkyl halides is 3. The molecule has 0 radical (unpaired) electrons. The molecule has 0 saturated heterocycles. The summed E-state index contributed by atoms with van der Waals surface area (Å²) in [5.74, 6) is 3.80. The van der Waals surface area contributed by atoms with Gasteiger partial charge in [0.15, 0.2) is 11.0 Å². The van der Waals surface area contributed by atoms with E-state index in [1.807, 2.05) is 0 Å². The van der Waals surface area contributed by atoms with Gasteiger partial charge >= 0.3 is 6.36 Å². The van der Waals surface area contributed by atoms with Crippen LogP contribution in [0.1, 0.15) is 36.2 Å². The van der Waals surface area contributed by atoms with Gasteiger partial charge in [0.2, 0.25) is 11.8 Å². The molecule has 3 aromatic rings. The van der Waals surface area contributed by atoms with Gasteiger partial charge in [0, 0.05) is 23.2 Å². The lowest BCUT2D eigenvalue weighted by Crippen LogP contribution is -2.31. The fourth-order valence-corrected chi connectivity index (χ4v) is 4.30. The number of carbonyl (C=O) groups is 2. The lowest BCUT2D eigenvalue weighted by molar-refractivity contribution is -0.274. The number of anilines is 1. The number of nitrogens with zero attached hydrogens (tertiary/aromatic N) is 4. The van der Waals surface area contributed by atoms with Crippen molar-refractivity contribution in [3.05, 3.63) is 77.5 Å². The summed E-state index contributed by atoms with van der Waals surface area (Å²) in [7, 11) is 0. The number of amidine groups is 1. The molecule has 2 amide bonds. The predicted molar refractivity (Wildman–Crippen MR) is 145 cm³/mol. The molecule has 0 aliphatic rings. The van der Waals surface area contributed by atoms with Gasteiger partial charge in [-0.2, -0.15) is 10.2 Å². The molecule has 0 saturated carbocycles. The second-order valence-corrected chi connectivity index (χ2v) is 9.66. The maximum absolute atomic E-state index is 14.0. The summed E-state index contributed by atoms with van der Waals surface area (Å²) >= 11 is 1.34. The van der Waals surface area contributed by atoms with Gasteiger partial charge in [-0.1, -0.05) is 24.2 Å². The van der Waals surface area contributed by atoms with Crippen molar-refractivity contribution in [1.29, 1.82) is 0 Å². The van der Waals surface area contributed by atoms with Crippen LogP contribution >= 0.6 is 11.8 Å². The summed E-state index contributed by atoms with van der Waals surface area (Å²) in [6.07, 6.45) is -0.549. The Balaban J connectivity index is 1.34. The normalized spacial score (nSPS) is 11.7. The van der Waals surface area contributed by atoms with E-state index in [1.165, 1.54) is 17.8 Å². The maximum atomic E-state index is 14.0. The van der Waals surface area contributed by atoms with Crippen molar-refractivity contribution in [2.75, 3.05) is 11.1 Å². The molecule has 2 aromatic heterocycles. The van der Waals surface area contributed by atoms with E-state index in [2.05, 4.69) is 35.7 Å². The predicted octanol–water partition coefficient (Wildman–Crippen LogP) is 4.13. The fourth-order valence-electron chi connectivity index (χ4n) is 3.49. The molecule has 2 heterocycles. The van der Waals surface area contributed by atoms with Crippen LogP contribution in [-0.4, -0.2) is 44.3 Å². The minimum atomic E-state index is -4.93. The highest BCUT2D eigenvalue weighted by atomic mass is 32.2. The number of hydrazone groups is 1. The molecule has 1 aromatic carbocycles. The minimum Gasteiger partial charge on any atom is -0.406 e. The summed E-state index contributed by atoms with van der Waals surface area (Å²) < 4.78 is 54.9. The number of aryl methyl sites for hydroxylation is 1. The summed E-state index contributed by atoms with van der Waals surface area (Å²) in [4.78, 5) is 28.5. The van der Waals surface area contributed by atoms with E-state index < -0.39 is 30.3 Å². The third-order valence-corrected chi connectivity index (χ3v) is 6.31. The smallest absolute Gasteiger partial charge is 0.406 e. The van der Waals surface area contributed by atoms with Gasteiger partial charge in [-0.05, 0) is 61.7 Å². The van der Waals surface area contributed by atoms with Crippen LogP contribution in [0.15, 0.2) is 59.8 Å². The van der Waals surface area contributed by atoms with Gasteiger partial charge in [-0.25, -0.2) is 4.39 Å². The Morgan fingerprint density at radius 1 is 0.976 bits per heavy atom. The van der Waals surface area contributed by atoms with E-state index in [-0.39, 0.29) is 23.7 Å². The molecule has 0 unspecified atom stereocenters. The number of amides is 2. The first kappa shape index (κ1) is 31.3. The Bertz CT molecular complexity index is 1330. The number of carbonyl (C=O) groups excluding carboxylic acids is 2. The topological polar surface area (TPSA) is 144 Å². The average molecular weight is 594 g/mol. The van der Waals surface area contributed by atoms with E-state index in [4.69, 9.17) is 5.84 Å². The third-order valence-electron chi connectivity index (χ3n) is 5.34. The van der Waals surface area contributed by atoms with Gasteiger partial charge < -0.3 is 21.2 Å². The van der Waals surface area contributed by atoms with Crippen LogP contribution in [0.2, 0.25) is 0 Å². The fraction of sp³-hybridized carbons (Fsp3) is 0.308. The second-order valence-electron chi connectivity index (χ2n) is 8.58. The van der Waals surface area contributed by atoms with Crippen LogP contribution in [0.4, 0.5) is 23.4 Å². The first-order valence-electron chi connectivity index (χ1n) is 12.4. The molecular weight excluding hydrogens is 566 g/mol. The Morgan fingerprint density at radius 2 is 1.80 bits per heavy atom. The van der Waals surface area contributed by atoms with Gasteiger partial charge in [0.05, 0.1) is 18.5 Å². The minimum absolute atomic E-state index is 0.122. The van der Waals surface area contributed by atoms with E-state index >= 15 is 0 Å². The monoisotopic (exact) mass is 593 g/mol. The standard InChI is InChI=1S/C26H27F4N7O3S/c27-21-10-9-20(40-26(28,29)30)14-17(21)15-23(38)33-22-11-8-18(36-37-22)6-2-1-5-13-41-25(35-31)34-24(39)16-19-7-3-4-12-32-19/h3-4,7-12,14H,1-2,5-6,13,15-16,31H2,(H,33,37,38)(H,34,35,39). The molecule has 0 aliphatic heterocycles. The molecule has 3 rings (SSSR count). The van der Waals surface area contributed by atoms with Crippen molar-refractivity contribution >= 4 is 34.6 Å². The zero-order valence-corrected chi connectivity index (χ0v) is 22.5. The Morgan fingerprint density at radius 3 is 2.49 bits per heavy atom. The molecule has 15 heteroatoms. The van der Waals surface area contributed by atoms with Crippen LogP contribution in [0.5, 0.6) is 5.75 Å². The zero-order valence-electron chi connectivity index (χ0n) is 21.7. The molecule has 10 nitrogen and oxygen atoms in total. The number of hydrogen-bond donors (Lipinski definition) is 3. The number of unbranched alkanes of at least 4 members (excludes halogenated alkanes) is 2. The van der Waals surface area contributed by atoms with Gasteiger partial charge in [0.1, 0.15) is 11.6 Å². The highest BCUT2D eigenvalue weighted by molar-refractivity contribution is 8.13. The van der Waals surface area contributed by atoms with Crippen LogP contribution < -0.4 is 21.2 Å². The number of ether oxygens (including phenoxy) is 1. The van der Waals surface area contributed by atoms with Crippen LogP contribution in [0.3, 0.4) is 0 Å². The summed E-state index contributed by atoms with van der Waals surface area (Å²) in [6.45, 7) is 0. The second kappa shape index (κ2) is 15.5. The Hall–Kier alpha value is -4.27. The van der Waals surface area contributed by atoms with Crippen LogP contribution in [0.25, 0.3) is 0 Å². The molecule has 218 valence electrons. The van der Waals surface area contributed by atoms with Crippen molar-refractivity contribution in [3.63, 3.8) is 0 Å². The van der Waals surface area contributed by atoms with Crippen LogP contribution in [0, 0.1) is 5.82 Å². The highest BCUT2D eigenvalue weighted by Crippen LogP contribution is 2.25. The van der Waals surface area contributed by atoms with E-state index in [0.29, 0.717) is 28.7 Å². The highest BCUT2D eigenvalue weighted by Gasteiger charge is 2.31. The van der Waals surface area contributed by atoms with Gasteiger partial charge in [0.25, 0.3) is 0 Å². The van der Waals surface area contributed by atoms with Crippen molar-refractivity contribution < 1.29 is 31.9 Å². The molecule has 41 heavy (non-hydrogen) atoms.